The van der Waals surface area contributed by atoms with Gasteiger partial charge in [-0.15, -0.1) is 0 Å². The summed E-state index contributed by atoms with van der Waals surface area (Å²) in [5.41, 5.74) is 0.945. The van der Waals surface area contributed by atoms with Gasteiger partial charge in [0.25, 0.3) is 0 Å². The van der Waals surface area contributed by atoms with Crippen molar-refractivity contribution in [1.29, 1.82) is 0 Å². The molecule has 0 bridgehead atoms. The fraction of sp³-hybridized carbons (Fsp3) is 0.455. The van der Waals surface area contributed by atoms with Gasteiger partial charge >= 0.3 is 0 Å². The summed E-state index contributed by atoms with van der Waals surface area (Å²) in [5, 5.41) is 0. The minimum Gasteiger partial charge on any atom is -0.289 e. The van der Waals surface area contributed by atoms with Gasteiger partial charge in [-0.05, 0) is 13.6 Å². The largest absolute Gasteiger partial charge is 0.289 e. The molecule has 0 amide bonds. The Morgan fingerprint density at radius 2 is 2.00 bits per heavy atom. The van der Waals surface area contributed by atoms with Crippen molar-refractivity contribution in [3.8, 4) is 0 Å². The molecular weight excluding hydrogens is 174 g/mol. The highest BCUT2D eigenvalue weighted by Crippen LogP contribution is 2.31. The summed E-state index contributed by atoms with van der Waals surface area (Å²) in [6.45, 7) is 15.6. The maximum atomic E-state index is 4.48. The third-order valence-corrected chi connectivity index (χ3v) is 2.10. The van der Waals surface area contributed by atoms with Crippen LogP contribution in [0.2, 0.25) is 0 Å². The zero-order valence-electron chi connectivity index (χ0n) is 9.33. The highest BCUT2D eigenvalue weighted by Gasteiger charge is 2.23. The molecule has 1 heterocycles. The van der Waals surface area contributed by atoms with Crippen LogP contribution >= 0.6 is 0 Å². The van der Waals surface area contributed by atoms with Crippen molar-refractivity contribution >= 4 is 18.7 Å². The Morgan fingerprint density at radius 3 is 2.36 bits per heavy atom. The van der Waals surface area contributed by atoms with Crippen LogP contribution in [0.15, 0.2) is 11.6 Å². The van der Waals surface area contributed by atoms with Crippen molar-refractivity contribution in [3.05, 3.63) is 18.1 Å². The molecule has 0 N–H and O–H groups in total. The van der Waals surface area contributed by atoms with Gasteiger partial charge < -0.3 is 0 Å². The van der Waals surface area contributed by atoms with E-state index < -0.39 is 0 Å². The number of rotatable bonds is 2. The molecule has 0 saturated carbocycles. The van der Waals surface area contributed by atoms with Crippen LogP contribution in [0, 0.1) is 6.92 Å². The van der Waals surface area contributed by atoms with Gasteiger partial charge in [0, 0.05) is 11.6 Å². The maximum absolute atomic E-state index is 4.48. The minimum atomic E-state index is -0.0183. The number of nitrogens with zero attached hydrogens (tertiary/aromatic N) is 3. The molecule has 0 radical (unpaired) electrons. The summed E-state index contributed by atoms with van der Waals surface area (Å²) in [5.74, 6) is 1.69. The fourth-order valence-electron chi connectivity index (χ4n) is 1.41. The van der Waals surface area contributed by atoms with Crippen molar-refractivity contribution < 1.29 is 0 Å². The van der Waals surface area contributed by atoms with E-state index in [0.29, 0.717) is 0 Å². The van der Waals surface area contributed by atoms with E-state index in [1.165, 1.54) is 0 Å². The van der Waals surface area contributed by atoms with Crippen molar-refractivity contribution in [1.82, 2.24) is 9.55 Å². The Balaban J connectivity index is 3.46. The number of aliphatic imine (C=N–C) groups is 1. The molecule has 0 saturated heterocycles. The number of imidazole rings is 1. The van der Waals surface area contributed by atoms with Gasteiger partial charge in [-0.25, -0.2) is 9.98 Å². The molecule has 3 nitrogen and oxygen atoms in total. The van der Waals surface area contributed by atoms with Gasteiger partial charge in [0.1, 0.15) is 5.82 Å². The lowest BCUT2D eigenvalue weighted by Crippen LogP contribution is -2.12. The molecular formula is C11H17N3. The van der Waals surface area contributed by atoms with E-state index in [1.54, 1.807) is 6.20 Å². The van der Waals surface area contributed by atoms with Gasteiger partial charge in [-0.1, -0.05) is 27.4 Å². The predicted molar refractivity (Wildman–Crippen MR) is 61.3 cm³/mol. The summed E-state index contributed by atoms with van der Waals surface area (Å²) in [6.07, 6.45) is 1.71. The second-order valence-electron chi connectivity index (χ2n) is 4.29. The summed E-state index contributed by atoms with van der Waals surface area (Å²) >= 11 is 0. The standard InChI is InChI=1S/C11H17N3/c1-7-14-8(2)13-9(10(14)12-6)11(3,4)5/h7H,1,6H2,2-5H3. The van der Waals surface area contributed by atoms with E-state index in [1.807, 2.05) is 11.5 Å². The number of hydrogen-bond donors (Lipinski definition) is 0. The van der Waals surface area contributed by atoms with Gasteiger partial charge in [-0.3, -0.25) is 4.57 Å². The summed E-state index contributed by atoms with van der Waals surface area (Å²) in [6, 6.07) is 0. The molecule has 0 aliphatic carbocycles. The molecule has 0 atom stereocenters. The average Bonchev–Trinajstić information content (AvgIpc) is 2.40. The van der Waals surface area contributed by atoms with Crippen LogP contribution in [0.3, 0.4) is 0 Å². The van der Waals surface area contributed by atoms with Crippen LogP contribution in [0.4, 0.5) is 5.82 Å². The van der Waals surface area contributed by atoms with Crippen molar-refractivity contribution in [2.24, 2.45) is 4.99 Å². The van der Waals surface area contributed by atoms with E-state index in [0.717, 1.165) is 17.3 Å². The van der Waals surface area contributed by atoms with Gasteiger partial charge in [0.05, 0.1) is 5.69 Å². The average molecular weight is 191 g/mol. The Labute approximate surface area is 85.2 Å². The second kappa shape index (κ2) is 3.40. The monoisotopic (exact) mass is 191 g/mol. The fourth-order valence-corrected chi connectivity index (χ4v) is 1.41. The first-order valence-corrected chi connectivity index (χ1v) is 4.60. The van der Waals surface area contributed by atoms with Crippen LogP contribution in [0.1, 0.15) is 32.3 Å². The zero-order chi connectivity index (χ0) is 10.9. The Kier molecular flexibility index (Phi) is 2.60. The summed E-state index contributed by atoms with van der Waals surface area (Å²) < 4.78 is 1.85. The molecule has 1 aromatic heterocycles. The first-order chi connectivity index (χ1) is 6.41. The van der Waals surface area contributed by atoms with Crippen molar-refractivity contribution in [2.75, 3.05) is 0 Å². The lowest BCUT2D eigenvalue weighted by Gasteiger charge is -2.16. The molecule has 0 aliphatic rings. The Morgan fingerprint density at radius 1 is 1.43 bits per heavy atom. The van der Waals surface area contributed by atoms with E-state index >= 15 is 0 Å². The van der Waals surface area contributed by atoms with E-state index in [2.05, 4.69) is 44.0 Å². The summed E-state index contributed by atoms with van der Waals surface area (Å²) in [4.78, 5) is 8.49. The first kappa shape index (κ1) is 10.7. The molecule has 0 fully saturated rings. The molecule has 1 rings (SSSR count). The van der Waals surface area contributed by atoms with Crippen molar-refractivity contribution in [3.63, 3.8) is 0 Å². The highest BCUT2D eigenvalue weighted by molar-refractivity contribution is 5.52. The molecule has 3 heteroatoms. The molecule has 0 unspecified atom stereocenters. The number of hydrogen-bond acceptors (Lipinski definition) is 2. The number of aromatic nitrogens is 2. The lowest BCUT2D eigenvalue weighted by molar-refractivity contribution is 0.573. The van der Waals surface area contributed by atoms with Gasteiger partial charge in [0.15, 0.2) is 5.82 Å². The minimum absolute atomic E-state index is 0.0183. The highest BCUT2D eigenvalue weighted by atomic mass is 15.1. The van der Waals surface area contributed by atoms with E-state index in [9.17, 15) is 0 Å². The molecule has 0 aliphatic heterocycles. The Bertz CT molecular complexity index is 367. The molecule has 14 heavy (non-hydrogen) atoms. The molecule has 76 valence electrons. The zero-order valence-corrected chi connectivity index (χ0v) is 9.33. The van der Waals surface area contributed by atoms with Gasteiger partial charge in [-0.2, -0.15) is 0 Å². The lowest BCUT2D eigenvalue weighted by atomic mass is 9.92. The summed E-state index contributed by atoms with van der Waals surface area (Å²) in [7, 11) is 0. The SMILES string of the molecule is C=Cn1c(C)nc(C(C)(C)C)c1N=C. The smallest absolute Gasteiger partial charge is 0.159 e. The third-order valence-electron chi connectivity index (χ3n) is 2.10. The van der Waals surface area contributed by atoms with Crippen LogP contribution in [0.25, 0.3) is 6.20 Å². The third kappa shape index (κ3) is 1.62. The van der Waals surface area contributed by atoms with Crippen LogP contribution in [0.5, 0.6) is 0 Å². The quantitative estimate of drug-likeness (QED) is 0.661. The maximum Gasteiger partial charge on any atom is 0.159 e. The Hall–Kier alpha value is -1.38. The van der Waals surface area contributed by atoms with Crippen molar-refractivity contribution in [2.45, 2.75) is 33.1 Å². The second-order valence-corrected chi connectivity index (χ2v) is 4.29. The van der Waals surface area contributed by atoms with Crippen LogP contribution in [-0.4, -0.2) is 16.3 Å². The van der Waals surface area contributed by atoms with Gasteiger partial charge in [0.2, 0.25) is 0 Å². The normalized spacial score (nSPS) is 11.4. The topological polar surface area (TPSA) is 30.2 Å². The van der Waals surface area contributed by atoms with E-state index in [4.69, 9.17) is 0 Å². The van der Waals surface area contributed by atoms with E-state index in [-0.39, 0.29) is 5.41 Å². The predicted octanol–water partition coefficient (Wildman–Crippen LogP) is 2.92. The molecule has 0 aromatic carbocycles. The first-order valence-electron chi connectivity index (χ1n) is 4.60. The van der Waals surface area contributed by atoms with Crippen LogP contribution in [-0.2, 0) is 5.41 Å². The van der Waals surface area contributed by atoms with Crippen LogP contribution < -0.4 is 0 Å². The number of aryl methyl sites for hydroxylation is 1. The molecule has 1 aromatic rings. The molecule has 0 spiro atoms.